The Morgan fingerprint density at radius 3 is 2.30 bits per heavy atom. The van der Waals surface area contributed by atoms with Gasteiger partial charge >= 0.3 is 18.0 Å². The molecule has 0 aromatic heterocycles. The van der Waals surface area contributed by atoms with Crippen LogP contribution in [0.15, 0.2) is 30.3 Å². The molecule has 0 aliphatic heterocycles. The van der Waals surface area contributed by atoms with Gasteiger partial charge < -0.3 is 20.1 Å². The van der Waals surface area contributed by atoms with Gasteiger partial charge in [0.1, 0.15) is 6.04 Å². The first-order valence-electron chi connectivity index (χ1n) is 7.47. The van der Waals surface area contributed by atoms with E-state index in [4.69, 9.17) is 9.47 Å². The molecule has 0 saturated heterocycles. The first-order valence-corrected chi connectivity index (χ1v) is 7.47. The highest BCUT2D eigenvalue weighted by atomic mass is 16.5. The zero-order valence-corrected chi connectivity index (χ0v) is 13.3. The number of hydrogen-bond acceptors (Lipinski definition) is 5. The van der Waals surface area contributed by atoms with Crippen molar-refractivity contribution in [3.63, 3.8) is 0 Å². The molecule has 0 radical (unpaired) electrons. The van der Waals surface area contributed by atoms with Crippen molar-refractivity contribution in [3.8, 4) is 0 Å². The fraction of sp³-hybridized carbons (Fsp3) is 0.438. The van der Waals surface area contributed by atoms with Crippen molar-refractivity contribution in [1.29, 1.82) is 0 Å². The lowest BCUT2D eigenvalue weighted by Crippen LogP contribution is -2.47. The van der Waals surface area contributed by atoms with Crippen LogP contribution in [0.4, 0.5) is 4.79 Å². The van der Waals surface area contributed by atoms with E-state index in [0.717, 1.165) is 5.56 Å². The number of urea groups is 1. The molecule has 7 nitrogen and oxygen atoms in total. The van der Waals surface area contributed by atoms with Crippen LogP contribution in [0.5, 0.6) is 0 Å². The van der Waals surface area contributed by atoms with Crippen LogP contribution in [0.25, 0.3) is 0 Å². The Morgan fingerprint density at radius 2 is 1.70 bits per heavy atom. The van der Waals surface area contributed by atoms with E-state index in [9.17, 15) is 14.4 Å². The van der Waals surface area contributed by atoms with Crippen molar-refractivity contribution in [2.45, 2.75) is 32.9 Å². The lowest BCUT2D eigenvalue weighted by atomic mass is 10.2. The molecule has 0 aliphatic carbocycles. The lowest BCUT2D eigenvalue weighted by molar-refractivity contribution is -0.152. The van der Waals surface area contributed by atoms with Crippen molar-refractivity contribution >= 4 is 18.0 Å². The molecule has 2 N–H and O–H groups in total. The summed E-state index contributed by atoms with van der Waals surface area (Å²) in [5, 5.41) is 5.06. The molecule has 1 aromatic rings. The molecular formula is C16H22N2O5. The number of esters is 2. The van der Waals surface area contributed by atoms with E-state index in [2.05, 4.69) is 10.6 Å². The summed E-state index contributed by atoms with van der Waals surface area (Å²) in [6.07, 6.45) is -0.272. The zero-order chi connectivity index (χ0) is 17.1. The molecule has 1 rings (SSSR count). The molecule has 1 unspecified atom stereocenters. The second-order valence-electron chi connectivity index (χ2n) is 4.63. The van der Waals surface area contributed by atoms with Gasteiger partial charge in [-0.25, -0.2) is 9.59 Å². The van der Waals surface area contributed by atoms with Gasteiger partial charge in [-0.1, -0.05) is 30.3 Å². The van der Waals surface area contributed by atoms with Crippen LogP contribution in [0.2, 0.25) is 0 Å². The standard InChI is InChI=1S/C16H22N2O5/c1-3-22-14(19)10-13(15(20)23-4-2)18-16(21)17-11-12-8-6-5-7-9-12/h5-9,13H,3-4,10-11H2,1-2H3,(H2,17,18,21). The van der Waals surface area contributed by atoms with Crippen LogP contribution in [-0.4, -0.2) is 37.2 Å². The zero-order valence-electron chi connectivity index (χ0n) is 13.3. The topological polar surface area (TPSA) is 93.7 Å². The Bertz CT molecular complexity index is 518. The third-order valence-electron chi connectivity index (χ3n) is 2.85. The fourth-order valence-electron chi connectivity index (χ4n) is 1.81. The van der Waals surface area contributed by atoms with Crippen LogP contribution in [0, 0.1) is 0 Å². The number of rotatable bonds is 8. The van der Waals surface area contributed by atoms with E-state index in [1.165, 1.54) is 0 Å². The molecule has 126 valence electrons. The van der Waals surface area contributed by atoms with Crippen molar-refractivity contribution in [3.05, 3.63) is 35.9 Å². The van der Waals surface area contributed by atoms with Gasteiger partial charge in [0, 0.05) is 6.54 Å². The Hall–Kier alpha value is -2.57. The first kappa shape index (κ1) is 18.5. The molecular weight excluding hydrogens is 300 g/mol. The van der Waals surface area contributed by atoms with Crippen molar-refractivity contribution in [1.82, 2.24) is 10.6 Å². The van der Waals surface area contributed by atoms with Crippen LogP contribution in [-0.2, 0) is 25.6 Å². The summed E-state index contributed by atoms with van der Waals surface area (Å²) in [6, 6.07) is 7.68. The molecule has 7 heteroatoms. The molecule has 0 heterocycles. The molecule has 0 saturated carbocycles. The number of carbonyl (C=O) groups is 3. The molecule has 0 bridgehead atoms. The average Bonchev–Trinajstić information content (AvgIpc) is 2.54. The van der Waals surface area contributed by atoms with E-state index in [1.807, 2.05) is 30.3 Å². The summed E-state index contributed by atoms with van der Waals surface area (Å²) >= 11 is 0. The van der Waals surface area contributed by atoms with Crippen LogP contribution >= 0.6 is 0 Å². The predicted octanol–water partition coefficient (Wildman–Crippen LogP) is 1.37. The Morgan fingerprint density at radius 1 is 1.04 bits per heavy atom. The van der Waals surface area contributed by atoms with Crippen LogP contribution in [0.3, 0.4) is 0 Å². The quantitative estimate of drug-likeness (QED) is 0.705. The molecule has 0 spiro atoms. The number of amides is 2. The van der Waals surface area contributed by atoms with Crippen molar-refractivity contribution in [2.75, 3.05) is 13.2 Å². The summed E-state index contributed by atoms with van der Waals surface area (Å²) in [7, 11) is 0. The second kappa shape index (κ2) is 10.2. The molecule has 0 fully saturated rings. The van der Waals surface area contributed by atoms with Gasteiger partial charge in [-0.15, -0.1) is 0 Å². The second-order valence-corrected chi connectivity index (χ2v) is 4.63. The third kappa shape index (κ3) is 7.30. The number of hydrogen-bond donors (Lipinski definition) is 2. The van der Waals surface area contributed by atoms with Gasteiger partial charge in [-0.2, -0.15) is 0 Å². The van der Waals surface area contributed by atoms with E-state index in [0.29, 0.717) is 6.54 Å². The average molecular weight is 322 g/mol. The maximum absolute atomic E-state index is 11.9. The number of carbonyl (C=O) groups excluding carboxylic acids is 3. The Kier molecular flexibility index (Phi) is 8.20. The lowest BCUT2D eigenvalue weighted by Gasteiger charge is -2.17. The number of benzene rings is 1. The van der Waals surface area contributed by atoms with E-state index in [-0.39, 0.29) is 19.6 Å². The van der Waals surface area contributed by atoms with Gasteiger partial charge in [-0.3, -0.25) is 4.79 Å². The summed E-state index contributed by atoms with van der Waals surface area (Å²) in [4.78, 5) is 35.2. The largest absolute Gasteiger partial charge is 0.466 e. The third-order valence-corrected chi connectivity index (χ3v) is 2.85. The highest BCUT2D eigenvalue weighted by Crippen LogP contribution is 2.00. The van der Waals surface area contributed by atoms with E-state index >= 15 is 0 Å². The summed E-state index contributed by atoms with van der Waals surface area (Å²) in [5.41, 5.74) is 0.917. The van der Waals surface area contributed by atoms with E-state index in [1.54, 1.807) is 13.8 Å². The van der Waals surface area contributed by atoms with Crippen molar-refractivity contribution < 1.29 is 23.9 Å². The SMILES string of the molecule is CCOC(=O)CC(NC(=O)NCc1ccccc1)C(=O)OCC. The maximum atomic E-state index is 11.9. The van der Waals surface area contributed by atoms with Gasteiger partial charge in [0.2, 0.25) is 0 Å². The minimum atomic E-state index is -1.08. The van der Waals surface area contributed by atoms with Gasteiger partial charge in [0.15, 0.2) is 0 Å². The molecule has 1 aromatic carbocycles. The predicted molar refractivity (Wildman–Crippen MR) is 83.5 cm³/mol. The molecule has 23 heavy (non-hydrogen) atoms. The minimum Gasteiger partial charge on any atom is -0.466 e. The Balaban J connectivity index is 2.55. The number of nitrogens with one attached hydrogen (secondary N) is 2. The van der Waals surface area contributed by atoms with Gasteiger partial charge in [0.05, 0.1) is 19.6 Å². The summed E-state index contributed by atoms with van der Waals surface area (Å²) in [5.74, 6) is -1.25. The normalized spacial score (nSPS) is 11.2. The van der Waals surface area contributed by atoms with Gasteiger partial charge in [0.25, 0.3) is 0 Å². The first-order chi connectivity index (χ1) is 11.1. The fourth-order valence-corrected chi connectivity index (χ4v) is 1.81. The highest BCUT2D eigenvalue weighted by molar-refractivity contribution is 5.87. The molecule has 1 atom stereocenters. The maximum Gasteiger partial charge on any atom is 0.329 e. The van der Waals surface area contributed by atoms with E-state index < -0.39 is 24.0 Å². The molecule has 0 aliphatic rings. The smallest absolute Gasteiger partial charge is 0.329 e. The molecule has 2 amide bonds. The monoisotopic (exact) mass is 322 g/mol. The minimum absolute atomic E-state index is 0.158. The summed E-state index contributed by atoms with van der Waals surface area (Å²) < 4.78 is 9.65. The number of ether oxygens (including phenoxy) is 2. The highest BCUT2D eigenvalue weighted by Gasteiger charge is 2.25. The van der Waals surface area contributed by atoms with Crippen LogP contribution in [0.1, 0.15) is 25.8 Å². The van der Waals surface area contributed by atoms with Crippen LogP contribution < -0.4 is 10.6 Å². The summed E-state index contributed by atoms with van der Waals surface area (Å²) in [6.45, 7) is 3.98. The van der Waals surface area contributed by atoms with Crippen molar-refractivity contribution in [2.24, 2.45) is 0 Å². The Labute approximate surface area is 135 Å². The van der Waals surface area contributed by atoms with Gasteiger partial charge in [-0.05, 0) is 19.4 Å².